The van der Waals surface area contributed by atoms with Gasteiger partial charge in [-0.15, -0.1) is 0 Å². The molecule has 286 valence electrons. The minimum absolute atomic E-state index is 0.0540. The second-order valence-corrected chi connectivity index (χ2v) is 13.2. The third kappa shape index (κ3) is 38.1. The number of carbonyl (C=O) groups excluding carboxylic acids is 2. The maximum Gasteiger partial charge on any atom is 0.306 e. The molecule has 1 atom stereocenters. The Balaban J connectivity index is 4.31. The third-order valence-corrected chi connectivity index (χ3v) is 8.21. The van der Waals surface area contributed by atoms with Gasteiger partial charge in [-0.25, -0.2) is 0 Å². The fourth-order valence-corrected chi connectivity index (χ4v) is 5.20. The zero-order valence-electron chi connectivity index (χ0n) is 32.6. The van der Waals surface area contributed by atoms with Crippen molar-refractivity contribution in [1.29, 1.82) is 0 Å². The maximum atomic E-state index is 12.6. The number of esters is 2. The number of allylic oxidation sites excluding steroid dienone is 12. The highest BCUT2D eigenvalue weighted by atomic mass is 16.6. The maximum absolute atomic E-state index is 12.6. The van der Waals surface area contributed by atoms with E-state index in [1.54, 1.807) is 0 Å². The normalized spacial score (nSPS) is 12.9. The summed E-state index contributed by atoms with van der Waals surface area (Å²) in [6, 6.07) is 0. The quantitative estimate of drug-likeness (QED) is 0.0371. The predicted octanol–water partition coefficient (Wildman–Crippen LogP) is 13.2. The van der Waals surface area contributed by atoms with Gasteiger partial charge < -0.3 is 14.2 Å². The number of carbonyl (C=O) groups is 2. The van der Waals surface area contributed by atoms with Crippen molar-refractivity contribution in [2.75, 3.05) is 19.8 Å². The molecule has 0 saturated carbocycles. The Hall–Kier alpha value is -2.66. The molecule has 0 bridgehead atoms. The molecular weight excluding hydrogens is 620 g/mol. The van der Waals surface area contributed by atoms with E-state index in [1.165, 1.54) is 44.9 Å². The SMILES string of the molecule is CC/C=C\C/C=C\C/C=C\C/C=C\CCCOCC(COC(=O)CCCCCCC/C=C\C/C=C\CCC)OC(=O)CCCCCCCCC. The zero-order chi connectivity index (χ0) is 36.4. The zero-order valence-corrected chi connectivity index (χ0v) is 32.6. The molecule has 0 aromatic heterocycles. The second-order valence-electron chi connectivity index (χ2n) is 13.2. The lowest BCUT2D eigenvalue weighted by atomic mass is 10.1. The molecule has 0 saturated heterocycles. The molecular formula is C45H76O5. The van der Waals surface area contributed by atoms with Gasteiger partial charge in [0.1, 0.15) is 6.61 Å². The lowest BCUT2D eigenvalue weighted by Gasteiger charge is -2.18. The Morgan fingerprint density at radius 2 is 0.940 bits per heavy atom. The molecule has 0 N–H and O–H groups in total. The Labute approximate surface area is 308 Å². The molecule has 50 heavy (non-hydrogen) atoms. The van der Waals surface area contributed by atoms with Crippen molar-refractivity contribution in [3.8, 4) is 0 Å². The van der Waals surface area contributed by atoms with E-state index < -0.39 is 6.10 Å². The van der Waals surface area contributed by atoms with E-state index >= 15 is 0 Å². The Morgan fingerprint density at radius 1 is 0.460 bits per heavy atom. The monoisotopic (exact) mass is 697 g/mol. The first-order valence-electron chi connectivity index (χ1n) is 20.5. The van der Waals surface area contributed by atoms with Crippen LogP contribution in [0.5, 0.6) is 0 Å². The Kier molecular flexibility index (Phi) is 38.6. The molecule has 0 rings (SSSR count). The van der Waals surface area contributed by atoms with Gasteiger partial charge in [0, 0.05) is 19.4 Å². The van der Waals surface area contributed by atoms with E-state index in [2.05, 4.69) is 93.7 Å². The van der Waals surface area contributed by atoms with E-state index in [-0.39, 0.29) is 25.2 Å². The molecule has 0 heterocycles. The molecule has 0 aliphatic heterocycles. The van der Waals surface area contributed by atoms with Crippen molar-refractivity contribution in [3.05, 3.63) is 72.9 Å². The van der Waals surface area contributed by atoms with Crippen LogP contribution in [0.3, 0.4) is 0 Å². The number of ether oxygens (including phenoxy) is 3. The highest BCUT2D eigenvalue weighted by Gasteiger charge is 2.17. The molecule has 0 spiro atoms. The van der Waals surface area contributed by atoms with E-state index in [4.69, 9.17) is 14.2 Å². The minimum Gasteiger partial charge on any atom is -0.462 e. The smallest absolute Gasteiger partial charge is 0.306 e. The summed E-state index contributed by atoms with van der Waals surface area (Å²) in [6.07, 6.45) is 50.6. The topological polar surface area (TPSA) is 61.8 Å². The van der Waals surface area contributed by atoms with Crippen LogP contribution < -0.4 is 0 Å². The van der Waals surface area contributed by atoms with E-state index in [1.807, 2.05) is 0 Å². The Bertz CT molecular complexity index is 926. The van der Waals surface area contributed by atoms with Crippen molar-refractivity contribution >= 4 is 11.9 Å². The highest BCUT2D eigenvalue weighted by Crippen LogP contribution is 2.11. The van der Waals surface area contributed by atoms with Crippen molar-refractivity contribution in [3.63, 3.8) is 0 Å². The number of hydrogen-bond donors (Lipinski definition) is 0. The summed E-state index contributed by atoms with van der Waals surface area (Å²) in [5.74, 6) is -0.456. The van der Waals surface area contributed by atoms with Gasteiger partial charge in [-0.1, -0.05) is 158 Å². The van der Waals surface area contributed by atoms with Gasteiger partial charge >= 0.3 is 11.9 Å². The standard InChI is InChI=1S/C45H76O5/c1-4-7-10-13-16-18-20-22-24-26-28-31-34-37-40-48-41-43(50-45(47)39-36-33-29-15-12-9-6-3)42-49-44(46)38-35-32-30-27-25-23-21-19-17-14-11-8-5-2/h7,10-11,14,16,18-19,21-22,24,28,31,43H,4-6,8-9,12-13,15,17,20,23,25-27,29-30,32-42H2,1-3H3/b10-7-,14-11-,18-16-,21-19-,24-22-,31-28-. The number of rotatable bonds is 36. The Morgan fingerprint density at radius 3 is 1.52 bits per heavy atom. The average Bonchev–Trinajstić information content (AvgIpc) is 3.11. The van der Waals surface area contributed by atoms with Gasteiger partial charge in [-0.2, -0.15) is 0 Å². The summed E-state index contributed by atoms with van der Waals surface area (Å²) in [7, 11) is 0. The molecule has 0 radical (unpaired) electrons. The van der Waals surface area contributed by atoms with Crippen LogP contribution in [0.15, 0.2) is 72.9 Å². The molecule has 0 aromatic carbocycles. The summed E-state index contributed by atoms with van der Waals surface area (Å²) in [4.78, 5) is 25.0. The fraction of sp³-hybridized carbons (Fsp3) is 0.689. The van der Waals surface area contributed by atoms with Crippen molar-refractivity contribution < 1.29 is 23.8 Å². The summed E-state index contributed by atoms with van der Waals surface area (Å²) in [5, 5.41) is 0. The largest absolute Gasteiger partial charge is 0.462 e. The van der Waals surface area contributed by atoms with Gasteiger partial charge in [0.2, 0.25) is 0 Å². The van der Waals surface area contributed by atoms with Gasteiger partial charge in [0.15, 0.2) is 6.10 Å². The van der Waals surface area contributed by atoms with E-state index in [0.29, 0.717) is 19.4 Å². The fourth-order valence-electron chi connectivity index (χ4n) is 5.20. The van der Waals surface area contributed by atoms with E-state index in [0.717, 1.165) is 96.3 Å². The molecule has 0 aliphatic carbocycles. The number of unbranched alkanes of at least 4 members (excludes halogenated alkanes) is 13. The van der Waals surface area contributed by atoms with E-state index in [9.17, 15) is 9.59 Å². The molecule has 1 unspecified atom stereocenters. The first-order valence-corrected chi connectivity index (χ1v) is 20.5. The first-order chi connectivity index (χ1) is 24.6. The van der Waals surface area contributed by atoms with Crippen LogP contribution in [0.1, 0.15) is 175 Å². The molecule has 0 aliphatic rings. The van der Waals surface area contributed by atoms with Crippen LogP contribution in [-0.2, 0) is 23.8 Å². The minimum atomic E-state index is -0.566. The second kappa shape index (κ2) is 40.8. The van der Waals surface area contributed by atoms with Gasteiger partial charge in [0.25, 0.3) is 0 Å². The van der Waals surface area contributed by atoms with Crippen LogP contribution in [0, 0.1) is 0 Å². The lowest BCUT2D eigenvalue weighted by Crippen LogP contribution is -2.30. The lowest BCUT2D eigenvalue weighted by molar-refractivity contribution is -0.163. The van der Waals surface area contributed by atoms with Crippen molar-refractivity contribution in [2.24, 2.45) is 0 Å². The van der Waals surface area contributed by atoms with Gasteiger partial charge in [-0.05, 0) is 77.0 Å². The van der Waals surface area contributed by atoms with Crippen molar-refractivity contribution in [2.45, 2.75) is 181 Å². The van der Waals surface area contributed by atoms with Crippen LogP contribution in [0.2, 0.25) is 0 Å². The summed E-state index contributed by atoms with van der Waals surface area (Å²) in [5.41, 5.74) is 0. The molecule has 5 nitrogen and oxygen atoms in total. The van der Waals surface area contributed by atoms with Crippen LogP contribution in [-0.4, -0.2) is 37.9 Å². The molecule has 0 fully saturated rings. The predicted molar refractivity (Wildman–Crippen MR) is 214 cm³/mol. The molecule has 0 amide bonds. The highest BCUT2D eigenvalue weighted by molar-refractivity contribution is 5.70. The van der Waals surface area contributed by atoms with Crippen LogP contribution in [0.25, 0.3) is 0 Å². The molecule has 5 heteroatoms. The molecule has 0 aromatic rings. The summed E-state index contributed by atoms with van der Waals surface area (Å²) < 4.78 is 17.1. The van der Waals surface area contributed by atoms with Gasteiger partial charge in [0.05, 0.1) is 6.61 Å². The summed E-state index contributed by atoms with van der Waals surface area (Å²) in [6.45, 7) is 7.44. The summed E-state index contributed by atoms with van der Waals surface area (Å²) >= 11 is 0. The average molecular weight is 697 g/mol. The van der Waals surface area contributed by atoms with Crippen molar-refractivity contribution in [1.82, 2.24) is 0 Å². The first kappa shape index (κ1) is 47.3. The van der Waals surface area contributed by atoms with Crippen LogP contribution >= 0.6 is 0 Å². The number of hydrogen-bond acceptors (Lipinski definition) is 5. The van der Waals surface area contributed by atoms with Gasteiger partial charge in [-0.3, -0.25) is 9.59 Å². The van der Waals surface area contributed by atoms with Crippen LogP contribution in [0.4, 0.5) is 0 Å². The third-order valence-electron chi connectivity index (χ3n) is 8.21.